The third-order valence-corrected chi connectivity index (χ3v) is 6.79. The number of rotatable bonds is 9. The van der Waals surface area contributed by atoms with Crippen molar-refractivity contribution in [3.8, 4) is 6.19 Å². The van der Waals surface area contributed by atoms with Gasteiger partial charge in [0.25, 0.3) is 11.8 Å². The quantitative estimate of drug-likeness (QED) is 0.280. The highest BCUT2D eigenvalue weighted by atomic mass is 32.2. The molecule has 0 aliphatic carbocycles. The fourth-order valence-corrected chi connectivity index (χ4v) is 4.92. The van der Waals surface area contributed by atoms with Crippen molar-refractivity contribution in [1.82, 2.24) is 10.2 Å². The van der Waals surface area contributed by atoms with Crippen molar-refractivity contribution in [2.75, 3.05) is 12.8 Å². The van der Waals surface area contributed by atoms with Crippen LogP contribution in [0.5, 0.6) is 0 Å². The van der Waals surface area contributed by atoms with Gasteiger partial charge in [-0.05, 0) is 17.7 Å². The predicted molar refractivity (Wildman–Crippen MR) is 130 cm³/mol. The summed E-state index contributed by atoms with van der Waals surface area (Å²) in [6.45, 7) is 0. The molecule has 2 amide bonds. The molecule has 1 atom stereocenters. The number of carbonyl (C=O) groups is 3. The Kier molecular flexibility index (Phi) is 8.12. The lowest BCUT2D eigenvalue weighted by Gasteiger charge is -2.20. The van der Waals surface area contributed by atoms with Crippen molar-refractivity contribution >= 4 is 27.4 Å². The molecule has 0 spiro atoms. The van der Waals surface area contributed by atoms with Crippen LogP contribution in [-0.2, 0) is 20.4 Å². The SMILES string of the molecule is CN(C#N)C(=O)[C@H](CS(=O)(=O)Cc1ccccc1)NC(=O)c1ccc(C(=O)c2ccccc2)cc1. The molecule has 35 heavy (non-hydrogen) atoms. The van der Waals surface area contributed by atoms with E-state index < -0.39 is 33.4 Å². The van der Waals surface area contributed by atoms with E-state index >= 15 is 0 Å². The molecular formula is C26H23N3O5S. The van der Waals surface area contributed by atoms with Crippen molar-refractivity contribution < 1.29 is 22.8 Å². The topological polar surface area (TPSA) is 124 Å². The van der Waals surface area contributed by atoms with Gasteiger partial charge in [-0.3, -0.25) is 19.3 Å². The fraction of sp³-hybridized carbons (Fsp3) is 0.154. The Labute approximate surface area is 203 Å². The van der Waals surface area contributed by atoms with Crippen molar-refractivity contribution in [2.45, 2.75) is 11.8 Å². The van der Waals surface area contributed by atoms with Crippen molar-refractivity contribution in [3.05, 3.63) is 107 Å². The zero-order valence-corrected chi connectivity index (χ0v) is 19.7. The van der Waals surface area contributed by atoms with E-state index in [0.29, 0.717) is 21.6 Å². The summed E-state index contributed by atoms with van der Waals surface area (Å²) in [4.78, 5) is 38.7. The number of sulfone groups is 1. The number of carbonyl (C=O) groups excluding carboxylic acids is 3. The highest BCUT2D eigenvalue weighted by Crippen LogP contribution is 2.13. The molecule has 0 aliphatic heterocycles. The van der Waals surface area contributed by atoms with Crippen molar-refractivity contribution in [1.29, 1.82) is 5.26 Å². The number of ketones is 1. The second-order valence-electron chi connectivity index (χ2n) is 7.84. The van der Waals surface area contributed by atoms with E-state index in [4.69, 9.17) is 5.26 Å². The Hall–Kier alpha value is -4.29. The van der Waals surface area contributed by atoms with Crippen LogP contribution < -0.4 is 5.32 Å². The second-order valence-corrected chi connectivity index (χ2v) is 9.95. The summed E-state index contributed by atoms with van der Waals surface area (Å²) in [6, 6.07) is 21.4. The first-order valence-electron chi connectivity index (χ1n) is 10.6. The average molecular weight is 490 g/mol. The molecule has 3 aromatic carbocycles. The smallest absolute Gasteiger partial charge is 0.258 e. The van der Waals surface area contributed by atoms with Crippen LogP contribution in [0, 0.1) is 11.5 Å². The molecule has 0 heterocycles. The maximum atomic E-state index is 12.8. The van der Waals surface area contributed by atoms with E-state index in [-0.39, 0.29) is 17.1 Å². The minimum absolute atomic E-state index is 0.132. The summed E-state index contributed by atoms with van der Waals surface area (Å²) in [5.41, 5.74) is 1.54. The lowest BCUT2D eigenvalue weighted by atomic mass is 10.0. The standard InChI is InChI=1S/C26H23N3O5S/c1-29(18-27)26(32)23(17-35(33,34)16-19-8-4-2-5-9-19)28-25(31)22-14-12-21(13-15-22)24(30)20-10-6-3-7-11-20/h2-15,23H,16-17H2,1H3,(H,28,31)/t23-/m0/s1. The highest BCUT2D eigenvalue weighted by molar-refractivity contribution is 7.90. The monoisotopic (exact) mass is 489 g/mol. The molecule has 0 saturated carbocycles. The van der Waals surface area contributed by atoms with E-state index in [1.807, 2.05) is 0 Å². The van der Waals surface area contributed by atoms with Crippen LogP contribution in [0.3, 0.4) is 0 Å². The molecule has 3 aromatic rings. The Bertz CT molecular complexity index is 1350. The lowest BCUT2D eigenvalue weighted by molar-refractivity contribution is -0.128. The molecule has 178 valence electrons. The van der Waals surface area contributed by atoms with Gasteiger partial charge in [0, 0.05) is 23.7 Å². The van der Waals surface area contributed by atoms with Gasteiger partial charge in [-0.2, -0.15) is 5.26 Å². The van der Waals surface area contributed by atoms with Crippen molar-refractivity contribution in [2.24, 2.45) is 0 Å². The first kappa shape index (κ1) is 25.3. The van der Waals surface area contributed by atoms with Gasteiger partial charge in [-0.15, -0.1) is 0 Å². The molecule has 0 unspecified atom stereocenters. The van der Waals surface area contributed by atoms with Crippen LogP contribution in [0.2, 0.25) is 0 Å². The van der Waals surface area contributed by atoms with Crippen LogP contribution in [0.25, 0.3) is 0 Å². The molecule has 1 N–H and O–H groups in total. The lowest BCUT2D eigenvalue weighted by Crippen LogP contribution is -2.50. The van der Waals surface area contributed by atoms with Gasteiger partial charge in [0.15, 0.2) is 21.8 Å². The summed E-state index contributed by atoms with van der Waals surface area (Å²) >= 11 is 0. The van der Waals surface area contributed by atoms with E-state index in [2.05, 4.69) is 5.32 Å². The van der Waals surface area contributed by atoms with Gasteiger partial charge in [0.05, 0.1) is 11.5 Å². The zero-order valence-electron chi connectivity index (χ0n) is 18.9. The van der Waals surface area contributed by atoms with E-state index in [9.17, 15) is 22.8 Å². The number of likely N-dealkylation sites (N-methyl/N-ethyl adjacent to an activating group) is 1. The van der Waals surface area contributed by atoms with E-state index in [1.54, 1.807) is 66.9 Å². The molecule has 8 nitrogen and oxygen atoms in total. The van der Waals surface area contributed by atoms with Crippen LogP contribution in [-0.4, -0.2) is 49.8 Å². The van der Waals surface area contributed by atoms with E-state index in [1.165, 1.54) is 31.3 Å². The fourth-order valence-electron chi connectivity index (χ4n) is 3.37. The molecule has 0 saturated heterocycles. The van der Waals surface area contributed by atoms with Gasteiger partial charge >= 0.3 is 0 Å². The van der Waals surface area contributed by atoms with Gasteiger partial charge in [-0.1, -0.05) is 72.8 Å². The van der Waals surface area contributed by atoms with Crippen LogP contribution >= 0.6 is 0 Å². The second kappa shape index (κ2) is 11.2. The first-order valence-corrected chi connectivity index (χ1v) is 12.4. The number of nitrogens with one attached hydrogen (secondary N) is 1. The number of benzene rings is 3. The summed E-state index contributed by atoms with van der Waals surface area (Å²) in [5.74, 6) is -2.77. The largest absolute Gasteiger partial charge is 0.339 e. The molecule has 0 aliphatic rings. The molecule has 0 fully saturated rings. The van der Waals surface area contributed by atoms with Gasteiger partial charge in [-0.25, -0.2) is 8.42 Å². The number of hydrogen-bond acceptors (Lipinski definition) is 6. The summed E-state index contributed by atoms with van der Waals surface area (Å²) in [7, 11) is -2.62. The molecule has 3 rings (SSSR count). The first-order chi connectivity index (χ1) is 16.7. The third kappa shape index (κ3) is 6.85. The minimum Gasteiger partial charge on any atom is -0.339 e. The Morgan fingerprint density at radius 1 is 0.857 bits per heavy atom. The maximum Gasteiger partial charge on any atom is 0.258 e. The highest BCUT2D eigenvalue weighted by Gasteiger charge is 2.30. The Balaban J connectivity index is 1.77. The predicted octanol–water partition coefficient (Wildman–Crippen LogP) is 2.57. The molecule has 0 radical (unpaired) electrons. The summed E-state index contributed by atoms with van der Waals surface area (Å²) < 4.78 is 25.5. The number of nitriles is 1. The van der Waals surface area contributed by atoms with Gasteiger partial charge in [0.2, 0.25) is 0 Å². The number of nitrogens with zero attached hydrogens (tertiary/aromatic N) is 2. The van der Waals surface area contributed by atoms with Crippen molar-refractivity contribution in [3.63, 3.8) is 0 Å². The Morgan fingerprint density at radius 2 is 1.37 bits per heavy atom. The minimum atomic E-state index is -3.81. The number of hydrogen-bond donors (Lipinski definition) is 1. The molecule has 0 aromatic heterocycles. The van der Waals surface area contributed by atoms with Gasteiger partial charge < -0.3 is 5.32 Å². The molecule has 9 heteroatoms. The zero-order chi connectivity index (χ0) is 25.4. The maximum absolute atomic E-state index is 12.8. The number of amides is 2. The normalized spacial score (nSPS) is 11.7. The molecule has 0 bridgehead atoms. The van der Waals surface area contributed by atoms with Gasteiger partial charge in [0.1, 0.15) is 6.04 Å². The summed E-state index contributed by atoms with van der Waals surface area (Å²) in [6.07, 6.45) is 1.63. The molecular weight excluding hydrogens is 466 g/mol. The Morgan fingerprint density at radius 3 is 1.94 bits per heavy atom. The third-order valence-electron chi connectivity index (χ3n) is 5.18. The van der Waals surface area contributed by atoms with Crippen LogP contribution in [0.15, 0.2) is 84.9 Å². The summed E-state index contributed by atoms with van der Waals surface area (Å²) in [5, 5.41) is 11.5. The average Bonchev–Trinajstić information content (AvgIpc) is 2.87. The van der Waals surface area contributed by atoms with Crippen LogP contribution in [0.1, 0.15) is 31.8 Å². The van der Waals surface area contributed by atoms with E-state index in [0.717, 1.165) is 0 Å². The van der Waals surface area contributed by atoms with Crippen LogP contribution in [0.4, 0.5) is 0 Å².